The van der Waals surface area contributed by atoms with Gasteiger partial charge in [0.1, 0.15) is 12.4 Å². The van der Waals surface area contributed by atoms with Gasteiger partial charge in [-0.25, -0.2) is 0 Å². The molecule has 0 fully saturated rings. The minimum Gasteiger partial charge on any atom is -0.492 e. The average molecular weight is 334 g/mol. The molecule has 0 radical (unpaired) electrons. The van der Waals surface area contributed by atoms with Crippen molar-refractivity contribution < 1.29 is 9.53 Å². The first kappa shape index (κ1) is 16.8. The lowest BCUT2D eigenvalue weighted by Gasteiger charge is -2.18. The van der Waals surface area contributed by atoms with Gasteiger partial charge in [0.05, 0.1) is 6.54 Å². The van der Waals surface area contributed by atoms with E-state index >= 15 is 0 Å². The molecule has 0 aliphatic carbocycles. The summed E-state index contributed by atoms with van der Waals surface area (Å²) < 4.78 is 7.70. The summed E-state index contributed by atoms with van der Waals surface area (Å²) in [5.74, 6) is 0.814. The third-order valence-corrected chi connectivity index (χ3v) is 4.08. The van der Waals surface area contributed by atoms with Gasteiger partial charge >= 0.3 is 0 Å². The van der Waals surface area contributed by atoms with Crippen molar-refractivity contribution in [3.63, 3.8) is 0 Å². The summed E-state index contributed by atoms with van der Waals surface area (Å²) in [4.78, 5) is 14.2. The zero-order valence-corrected chi connectivity index (χ0v) is 14.6. The Hall–Kier alpha value is -3.01. The Kier molecular flexibility index (Phi) is 5.19. The van der Waals surface area contributed by atoms with Crippen LogP contribution in [0.4, 0.5) is 0 Å². The fraction of sp³-hybridized carbons (Fsp3) is 0.190. The molecule has 4 nitrogen and oxygen atoms in total. The van der Waals surface area contributed by atoms with Crippen molar-refractivity contribution in [2.75, 3.05) is 20.2 Å². The Morgan fingerprint density at radius 2 is 1.64 bits per heavy atom. The van der Waals surface area contributed by atoms with Crippen LogP contribution in [0.5, 0.6) is 5.75 Å². The van der Waals surface area contributed by atoms with E-state index in [-0.39, 0.29) is 5.91 Å². The zero-order valence-electron chi connectivity index (χ0n) is 14.6. The van der Waals surface area contributed by atoms with Crippen LogP contribution < -0.4 is 4.74 Å². The molecule has 3 aromatic rings. The molecule has 3 rings (SSSR count). The number of amides is 1. The van der Waals surface area contributed by atoms with Crippen LogP contribution in [0.15, 0.2) is 73.1 Å². The van der Waals surface area contributed by atoms with E-state index in [0.717, 1.165) is 11.4 Å². The number of hydrogen-bond donors (Lipinski definition) is 0. The fourth-order valence-electron chi connectivity index (χ4n) is 2.54. The SMILES string of the molecule is Cc1ccc(OCCN(C)C(=O)c2ccc(-n3cccc3)cc2)cc1. The highest BCUT2D eigenvalue weighted by Gasteiger charge is 2.11. The number of nitrogens with zero attached hydrogens (tertiary/aromatic N) is 2. The summed E-state index contributed by atoms with van der Waals surface area (Å²) >= 11 is 0. The van der Waals surface area contributed by atoms with E-state index in [4.69, 9.17) is 4.74 Å². The quantitative estimate of drug-likeness (QED) is 0.684. The van der Waals surface area contributed by atoms with Gasteiger partial charge in [-0.2, -0.15) is 0 Å². The van der Waals surface area contributed by atoms with Crippen LogP contribution in [0.25, 0.3) is 5.69 Å². The van der Waals surface area contributed by atoms with E-state index in [1.807, 2.05) is 84.5 Å². The smallest absolute Gasteiger partial charge is 0.253 e. The summed E-state index contributed by atoms with van der Waals surface area (Å²) in [6.07, 6.45) is 3.96. The molecule has 0 unspecified atom stereocenters. The number of benzene rings is 2. The molecule has 128 valence electrons. The lowest BCUT2D eigenvalue weighted by atomic mass is 10.2. The molecule has 0 bridgehead atoms. The molecule has 0 atom stereocenters. The van der Waals surface area contributed by atoms with Gasteiger partial charge in [0, 0.05) is 30.7 Å². The number of aryl methyl sites for hydroxylation is 1. The summed E-state index contributed by atoms with van der Waals surface area (Å²) in [7, 11) is 1.79. The molecule has 1 amide bonds. The molecule has 0 aliphatic rings. The first-order valence-electron chi connectivity index (χ1n) is 8.32. The number of aromatic nitrogens is 1. The zero-order chi connectivity index (χ0) is 17.6. The second-order valence-corrected chi connectivity index (χ2v) is 6.03. The highest BCUT2D eigenvalue weighted by Crippen LogP contribution is 2.13. The average Bonchev–Trinajstić information content (AvgIpc) is 3.17. The molecule has 4 heteroatoms. The minimum atomic E-state index is -0.00781. The fourth-order valence-corrected chi connectivity index (χ4v) is 2.54. The van der Waals surface area contributed by atoms with E-state index in [1.165, 1.54) is 5.56 Å². The number of carbonyl (C=O) groups is 1. The Labute approximate surface area is 148 Å². The van der Waals surface area contributed by atoms with Gasteiger partial charge in [-0.05, 0) is 55.5 Å². The van der Waals surface area contributed by atoms with Crippen molar-refractivity contribution in [1.82, 2.24) is 9.47 Å². The molecular formula is C21H22N2O2. The minimum absolute atomic E-state index is 0.00781. The summed E-state index contributed by atoms with van der Waals surface area (Å²) in [5.41, 5.74) is 2.91. The lowest BCUT2D eigenvalue weighted by molar-refractivity contribution is 0.0774. The normalized spacial score (nSPS) is 10.5. The summed E-state index contributed by atoms with van der Waals surface area (Å²) in [6, 6.07) is 19.5. The highest BCUT2D eigenvalue weighted by molar-refractivity contribution is 5.94. The van der Waals surface area contributed by atoms with Crippen LogP contribution in [-0.4, -0.2) is 35.6 Å². The largest absolute Gasteiger partial charge is 0.492 e. The molecule has 0 saturated carbocycles. The van der Waals surface area contributed by atoms with Gasteiger partial charge in [-0.15, -0.1) is 0 Å². The number of carbonyl (C=O) groups excluding carboxylic acids is 1. The first-order valence-corrected chi connectivity index (χ1v) is 8.32. The maximum atomic E-state index is 12.5. The number of hydrogen-bond acceptors (Lipinski definition) is 2. The van der Waals surface area contributed by atoms with E-state index in [2.05, 4.69) is 0 Å². The van der Waals surface area contributed by atoms with Crippen molar-refractivity contribution in [1.29, 1.82) is 0 Å². The second kappa shape index (κ2) is 7.71. The van der Waals surface area contributed by atoms with Crippen LogP contribution >= 0.6 is 0 Å². The van der Waals surface area contributed by atoms with Gasteiger partial charge in [0.15, 0.2) is 0 Å². The molecule has 0 N–H and O–H groups in total. The van der Waals surface area contributed by atoms with Gasteiger partial charge in [0.25, 0.3) is 5.91 Å². The Morgan fingerprint density at radius 3 is 2.28 bits per heavy atom. The van der Waals surface area contributed by atoms with Crippen LogP contribution in [0.2, 0.25) is 0 Å². The molecular weight excluding hydrogens is 312 g/mol. The van der Waals surface area contributed by atoms with E-state index in [0.29, 0.717) is 18.7 Å². The van der Waals surface area contributed by atoms with Gasteiger partial charge < -0.3 is 14.2 Å². The Morgan fingerprint density at radius 1 is 1.00 bits per heavy atom. The molecule has 0 saturated heterocycles. The number of rotatable bonds is 6. The van der Waals surface area contributed by atoms with Gasteiger partial charge in [-0.1, -0.05) is 17.7 Å². The van der Waals surface area contributed by atoms with Crippen molar-refractivity contribution >= 4 is 5.91 Å². The van der Waals surface area contributed by atoms with Crippen molar-refractivity contribution in [2.24, 2.45) is 0 Å². The summed E-state index contributed by atoms with van der Waals surface area (Å²) in [6.45, 7) is 3.04. The maximum absolute atomic E-state index is 12.5. The van der Waals surface area contributed by atoms with Crippen LogP contribution in [0, 0.1) is 6.92 Å². The molecule has 1 aromatic heterocycles. The van der Waals surface area contributed by atoms with Crippen molar-refractivity contribution in [3.8, 4) is 11.4 Å². The highest BCUT2D eigenvalue weighted by atomic mass is 16.5. The number of ether oxygens (including phenoxy) is 1. The Balaban J connectivity index is 1.54. The topological polar surface area (TPSA) is 34.5 Å². The van der Waals surface area contributed by atoms with E-state index in [9.17, 15) is 4.79 Å². The molecule has 0 spiro atoms. The van der Waals surface area contributed by atoms with Crippen molar-refractivity contribution in [3.05, 3.63) is 84.2 Å². The number of likely N-dealkylation sites (N-methyl/N-ethyl adjacent to an activating group) is 1. The maximum Gasteiger partial charge on any atom is 0.253 e. The van der Waals surface area contributed by atoms with Crippen molar-refractivity contribution in [2.45, 2.75) is 6.92 Å². The van der Waals surface area contributed by atoms with E-state index < -0.39 is 0 Å². The van der Waals surface area contributed by atoms with Crippen LogP contribution in [0.3, 0.4) is 0 Å². The molecule has 2 aromatic carbocycles. The first-order chi connectivity index (χ1) is 12.1. The molecule has 25 heavy (non-hydrogen) atoms. The second-order valence-electron chi connectivity index (χ2n) is 6.03. The summed E-state index contributed by atoms with van der Waals surface area (Å²) in [5, 5.41) is 0. The lowest BCUT2D eigenvalue weighted by Crippen LogP contribution is -2.30. The van der Waals surface area contributed by atoms with Gasteiger partial charge in [0.2, 0.25) is 0 Å². The predicted octanol–water partition coefficient (Wildman–Crippen LogP) is 3.94. The third kappa shape index (κ3) is 4.29. The molecule has 0 aliphatic heterocycles. The van der Waals surface area contributed by atoms with Crippen LogP contribution in [-0.2, 0) is 0 Å². The monoisotopic (exact) mass is 334 g/mol. The van der Waals surface area contributed by atoms with Crippen LogP contribution in [0.1, 0.15) is 15.9 Å². The van der Waals surface area contributed by atoms with E-state index in [1.54, 1.807) is 11.9 Å². The standard InChI is InChI=1S/C21H22N2O2/c1-17-5-11-20(12-6-17)25-16-15-22(2)21(24)18-7-9-19(10-8-18)23-13-3-4-14-23/h3-14H,15-16H2,1-2H3. The predicted molar refractivity (Wildman–Crippen MR) is 99.4 cm³/mol. The third-order valence-electron chi connectivity index (χ3n) is 4.08. The molecule has 1 heterocycles. The van der Waals surface area contributed by atoms with Gasteiger partial charge in [-0.3, -0.25) is 4.79 Å². The Bertz CT molecular complexity index is 806.